The number of hydrogen-bond donors (Lipinski definition) is 2. The van der Waals surface area contributed by atoms with E-state index in [1.54, 1.807) is 6.07 Å². The van der Waals surface area contributed by atoms with Gasteiger partial charge >= 0.3 is 0 Å². The second-order valence-electron chi connectivity index (χ2n) is 6.43. The Kier molecular flexibility index (Phi) is 3.06. The van der Waals surface area contributed by atoms with Gasteiger partial charge in [0, 0.05) is 12.6 Å². The first-order valence-electron chi connectivity index (χ1n) is 7.17. The van der Waals surface area contributed by atoms with Crippen molar-refractivity contribution in [1.29, 1.82) is 0 Å². The molecule has 2 N–H and O–H groups in total. The zero-order valence-electron chi connectivity index (χ0n) is 11.2. The zero-order valence-corrected chi connectivity index (χ0v) is 11.2. The van der Waals surface area contributed by atoms with E-state index in [1.807, 2.05) is 12.1 Å². The minimum absolute atomic E-state index is 0.358. The summed E-state index contributed by atoms with van der Waals surface area (Å²) < 4.78 is 0. The van der Waals surface area contributed by atoms with Gasteiger partial charge in [-0.15, -0.1) is 0 Å². The minimum atomic E-state index is 0.358. The molecule has 0 aliphatic heterocycles. The molecule has 0 saturated heterocycles. The number of phenols is 1. The van der Waals surface area contributed by atoms with E-state index < -0.39 is 0 Å². The highest BCUT2D eigenvalue weighted by molar-refractivity contribution is 5.28. The molecule has 2 fully saturated rings. The second-order valence-corrected chi connectivity index (χ2v) is 6.43. The van der Waals surface area contributed by atoms with Crippen LogP contribution in [0.1, 0.15) is 38.2 Å². The lowest BCUT2D eigenvalue weighted by Gasteiger charge is -2.30. The molecule has 0 bridgehead atoms. The van der Waals surface area contributed by atoms with Gasteiger partial charge in [0.15, 0.2) is 0 Å². The lowest BCUT2D eigenvalue weighted by atomic mass is 9.79. The number of aromatic hydroxyl groups is 1. The summed E-state index contributed by atoms with van der Waals surface area (Å²) in [5, 5.41) is 13.3. The molecular formula is C16H23NO. The smallest absolute Gasteiger partial charge is 0.115 e. The summed E-state index contributed by atoms with van der Waals surface area (Å²) in [6, 6.07) is 8.54. The molecule has 1 aromatic rings. The third-order valence-corrected chi connectivity index (χ3v) is 4.45. The maximum Gasteiger partial charge on any atom is 0.115 e. The minimum Gasteiger partial charge on any atom is -0.508 e. The summed E-state index contributed by atoms with van der Waals surface area (Å²) in [5.74, 6) is 1.26. The molecule has 1 atom stereocenters. The molecule has 0 aromatic heterocycles. The van der Waals surface area contributed by atoms with Crippen molar-refractivity contribution in [3.8, 4) is 5.75 Å². The Labute approximate surface area is 109 Å². The molecule has 0 spiro atoms. The van der Waals surface area contributed by atoms with Crippen LogP contribution in [0.25, 0.3) is 0 Å². The SMILES string of the molecule is CC(CNC1CC1)(Cc1cccc(O)c1)C1CC1. The molecule has 3 rings (SSSR count). The van der Waals surface area contributed by atoms with Gasteiger partial charge in [-0.2, -0.15) is 0 Å². The fourth-order valence-corrected chi connectivity index (χ4v) is 2.93. The van der Waals surface area contributed by atoms with Crippen LogP contribution in [-0.4, -0.2) is 17.7 Å². The number of rotatable bonds is 6. The number of hydrogen-bond acceptors (Lipinski definition) is 2. The van der Waals surface area contributed by atoms with Gasteiger partial charge in [-0.25, -0.2) is 0 Å². The maximum absolute atomic E-state index is 9.58. The average molecular weight is 245 g/mol. The predicted octanol–water partition coefficient (Wildman–Crippen LogP) is 3.10. The van der Waals surface area contributed by atoms with Crippen LogP contribution in [0.5, 0.6) is 5.75 Å². The molecule has 2 saturated carbocycles. The standard InChI is InChI=1S/C16H23NO/c1-16(13-5-6-13,11-17-14-7-8-14)10-12-3-2-4-15(18)9-12/h2-4,9,13-14,17-18H,5-8,10-11H2,1H3. The Morgan fingerprint density at radius 1 is 1.28 bits per heavy atom. The summed E-state index contributed by atoms with van der Waals surface area (Å²) in [5.41, 5.74) is 1.62. The average Bonchev–Trinajstić information content (AvgIpc) is 3.17. The van der Waals surface area contributed by atoms with E-state index in [1.165, 1.54) is 31.2 Å². The highest BCUT2D eigenvalue weighted by Gasteiger charge is 2.42. The molecule has 98 valence electrons. The van der Waals surface area contributed by atoms with Crippen LogP contribution in [-0.2, 0) is 6.42 Å². The second kappa shape index (κ2) is 4.58. The third-order valence-electron chi connectivity index (χ3n) is 4.45. The lowest BCUT2D eigenvalue weighted by molar-refractivity contribution is 0.254. The quantitative estimate of drug-likeness (QED) is 0.807. The van der Waals surface area contributed by atoms with E-state index in [9.17, 15) is 5.11 Å². The van der Waals surface area contributed by atoms with Gasteiger partial charge in [-0.1, -0.05) is 19.1 Å². The van der Waals surface area contributed by atoms with Crippen LogP contribution in [0, 0.1) is 11.3 Å². The highest BCUT2D eigenvalue weighted by Crippen LogP contribution is 2.47. The van der Waals surface area contributed by atoms with Crippen molar-refractivity contribution in [2.45, 2.75) is 45.1 Å². The summed E-state index contributed by atoms with van der Waals surface area (Å²) in [6.45, 7) is 3.53. The maximum atomic E-state index is 9.58. The third kappa shape index (κ3) is 2.86. The van der Waals surface area contributed by atoms with Gasteiger partial charge in [0.2, 0.25) is 0 Å². The molecule has 2 aliphatic carbocycles. The number of benzene rings is 1. The van der Waals surface area contributed by atoms with E-state index in [4.69, 9.17) is 0 Å². The molecule has 0 amide bonds. The lowest BCUT2D eigenvalue weighted by Crippen LogP contribution is -2.36. The van der Waals surface area contributed by atoms with E-state index in [0.717, 1.165) is 24.9 Å². The fraction of sp³-hybridized carbons (Fsp3) is 0.625. The number of nitrogens with one attached hydrogen (secondary N) is 1. The molecule has 2 aliphatic rings. The van der Waals surface area contributed by atoms with Crippen molar-refractivity contribution in [3.05, 3.63) is 29.8 Å². The summed E-state index contributed by atoms with van der Waals surface area (Å²) in [7, 11) is 0. The van der Waals surface area contributed by atoms with E-state index >= 15 is 0 Å². The Bertz CT molecular complexity index is 423. The van der Waals surface area contributed by atoms with E-state index in [0.29, 0.717) is 11.2 Å². The van der Waals surface area contributed by atoms with Crippen LogP contribution in [0.15, 0.2) is 24.3 Å². The van der Waals surface area contributed by atoms with Crippen molar-refractivity contribution in [2.75, 3.05) is 6.54 Å². The zero-order chi connectivity index (χ0) is 12.6. The van der Waals surface area contributed by atoms with E-state index in [-0.39, 0.29) is 0 Å². The van der Waals surface area contributed by atoms with Crippen molar-refractivity contribution in [3.63, 3.8) is 0 Å². The summed E-state index contributed by atoms with van der Waals surface area (Å²) in [4.78, 5) is 0. The van der Waals surface area contributed by atoms with Crippen LogP contribution in [0.4, 0.5) is 0 Å². The topological polar surface area (TPSA) is 32.3 Å². The Balaban J connectivity index is 1.68. The van der Waals surface area contributed by atoms with Gasteiger partial charge in [0.25, 0.3) is 0 Å². The first-order valence-corrected chi connectivity index (χ1v) is 7.17. The summed E-state index contributed by atoms with van der Waals surface area (Å²) >= 11 is 0. The van der Waals surface area contributed by atoms with Crippen LogP contribution in [0.2, 0.25) is 0 Å². The van der Waals surface area contributed by atoms with Crippen LogP contribution < -0.4 is 5.32 Å². The van der Waals surface area contributed by atoms with Crippen molar-refractivity contribution < 1.29 is 5.11 Å². The molecule has 2 nitrogen and oxygen atoms in total. The molecule has 0 heterocycles. The first kappa shape index (κ1) is 12.0. The van der Waals surface area contributed by atoms with Crippen molar-refractivity contribution >= 4 is 0 Å². The Morgan fingerprint density at radius 3 is 2.67 bits per heavy atom. The highest BCUT2D eigenvalue weighted by atomic mass is 16.3. The molecule has 18 heavy (non-hydrogen) atoms. The van der Waals surface area contributed by atoms with E-state index in [2.05, 4.69) is 18.3 Å². The van der Waals surface area contributed by atoms with Crippen LogP contribution >= 0.6 is 0 Å². The largest absolute Gasteiger partial charge is 0.508 e. The van der Waals surface area contributed by atoms with Gasteiger partial charge in [-0.3, -0.25) is 0 Å². The van der Waals surface area contributed by atoms with Gasteiger partial charge in [0.05, 0.1) is 0 Å². The Hall–Kier alpha value is -1.02. The normalized spacial score (nSPS) is 22.7. The molecule has 1 unspecified atom stereocenters. The molecule has 0 radical (unpaired) electrons. The molecule has 2 heteroatoms. The Morgan fingerprint density at radius 2 is 2.06 bits per heavy atom. The van der Waals surface area contributed by atoms with Gasteiger partial charge in [-0.05, 0) is 61.1 Å². The first-order chi connectivity index (χ1) is 8.66. The van der Waals surface area contributed by atoms with Crippen LogP contribution in [0.3, 0.4) is 0 Å². The predicted molar refractivity (Wildman–Crippen MR) is 73.7 cm³/mol. The van der Waals surface area contributed by atoms with Gasteiger partial charge < -0.3 is 10.4 Å². The molecular weight excluding hydrogens is 222 g/mol. The fourth-order valence-electron chi connectivity index (χ4n) is 2.93. The molecule has 1 aromatic carbocycles. The van der Waals surface area contributed by atoms with Crippen molar-refractivity contribution in [1.82, 2.24) is 5.32 Å². The summed E-state index contributed by atoms with van der Waals surface area (Å²) in [6.07, 6.45) is 6.54. The monoisotopic (exact) mass is 245 g/mol. The van der Waals surface area contributed by atoms with Gasteiger partial charge in [0.1, 0.15) is 5.75 Å². The van der Waals surface area contributed by atoms with Crippen molar-refractivity contribution in [2.24, 2.45) is 11.3 Å². The number of phenolic OH excluding ortho intramolecular Hbond substituents is 1.